The summed E-state index contributed by atoms with van der Waals surface area (Å²) in [5.74, 6) is 0. The minimum Gasteiger partial charge on any atom is -0.329 e. The lowest BCUT2D eigenvalue weighted by atomic mass is 10.2. The Morgan fingerprint density at radius 3 is 2.68 bits per heavy atom. The van der Waals surface area contributed by atoms with E-state index in [1.54, 1.807) is 6.92 Å². The normalized spacial score (nSPS) is 19.0. The average molecular weight is 370 g/mol. The summed E-state index contributed by atoms with van der Waals surface area (Å²) in [6.07, 6.45) is 1.40. The van der Waals surface area contributed by atoms with Crippen LogP contribution in [-0.2, 0) is 10.0 Å². The molecule has 0 saturated carbocycles. The van der Waals surface area contributed by atoms with E-state index >= 15 is 0 Å². The monoisotopic (exact) mass is 369 g/mol. The van der Waals surface area contributed by atoms with Gasteiger partial charge in [0, 0.05) is 25.2 Å². The Kier molecular flexibility index (Phi) is 6.17. The molecule has 2 rings (SSSR count). The predicted octanol–water partition coefficient (Wildman–Crippen LogP) is 2.09. The summed E-state index contributed by atoms with van der Waals surface area (Å²) in [5, 5.41) is 10.6. The molecule has 0 amide bonds. The lowest BCUT2D eigenvalue weighted by Gasteiger charge is -2.23. The number of nitro groups is 1. The zero-order valence-corrected chi connectivity index (χ0v) is 14.2. The van der Waals surface area contributed by atoms with Gasteiger partial charge in [0.15, 0.2) is 0 Å². The maximum Gasteiger partial charge on any atom is 0.289 e. The quantitative estimate of drug-likeness (QED) is 0.645. The summed E-state index contributed by atoms with van der Waals surface area (Å²) >= 11 is 5.95. The maximum atomic E-state index is 12.7. The number of aryl methyl sites for hydroxylation is 1. The van der Waals surface area contributed by atoms with Crippen molar-refractivity contribution in [3.63, 3.8) is 0 Å². The molecule has 1 heterocycles. The summed E-state index contributed by atoms with van der Waals surface area (Å²) in [7, 11) is -3.89. The molecule has 1 fully saturated rings. The molecule has 124 valence electrons. The third-order valence-electron chi connectivity index (χ3n) is 3.54. The third-order valence-corrected chi connectivity index (χ3v) is 6.03. The first-order chi connectivity index (χ1) is 9.78. The first-order valence-electron chi connectivity index (χ1n) is 6.45. The average Bonchev–Trinajstić information content (AvgIpc) is 2.89. The minimum absolute atomic E-state index is 0. The molecule has 2 N–H and O–H groups in total. The van der Waals surface area contributed by atoms with Gasteiger partial charge in [-0.1, -0.05) is 11.6 Å². The second-order valence-electron chi connectivity index (χ2n) is 5.00. The van der Waals surface area contributed by atoms with Crippen molar-refractivity contribution in [2.75, 3.05) is 13.1 Å². The van der Waals surface area contributed by atoms with E-state index in [1.165, 1.54) is 16.4 Å². The van der Waals surface area contributed by atoms with Gasteiger partial charge in [-0.05, 0) is 31.4 Å². The van der Waals surface area contributed by atoms with Crippen LogP contribution in [0.25, 0.3) is 0 Å². The molecule has 1 unspecified atom stereocenters. The van der Waals surface area contributed by atoms with Crippen molar-refractivity contribution in [2.24, 2.45) is 5.73 Å². The molecule has 0 spiro atoms. The van der Waals surface area contributed by atoms with Gasteiger partial charge in [0.2, 0.25) is 10.0 Å². The lowest BCUT2D eigenvalue weighted by molar-refractivity contribution is -0.385. The predicted molar refractivity (Wildman–Crippen MR) is 86.1 cm³/mol. The Hall–Kier alpha value is -0.930. The number of rotatable bonds is 4. The van der Waals surface area contributed by atoms with Crippen LogP contribution in [0.1, 0.15) is 18.4 Å². The fourth-order valence-corrected chi connectivity index (χ4v) is 4.87. The molecule has 1 aliphatic rings. The van der Waals surface area contributed by atoms with E-state index in [1.807, 2.05) is 0 Å². The van der Waals surface area contributed by atoms with Gasteiger partial charge >= 0.3 is 0 Å². The van der Waals surface area contributed by atoms with E-state index in [4.69, 9.17) is 17.3 Å². The third kappa shape index (κ3) is 3.36. The number of sulfonamides is 1. The van der Waals surface area contributed by atoms with Crippen molar-refractivity contribution in [2.45, 2.75) is 30.7 Å². The largest absolute Gasteiger partial charge is 0.329 e. The van der Waals surface area contributed by atoms with Gasteiger partial charge < -0.3 is 5.73 Å². The highest BCUT2D eigenvalue weighted by molar-refractivity contribution is 7.89. The van der Waals surface area contributed by atoms with E-state index < -0.39 is 20.6 Å². The molecule has 0 bridgehead atoms. The van der Waals surface area contributed by atoms with Crippen LogP contribution in [-0.4, -0.2) is 36.8 Å². The molecule has 1 saturated heterocycles. The molecule has 22 heavy (non-hydrogen) atoms. The number of benzene rings is 1. The van der Waals surface area contributed by atoms with Gasteiger partial charge in [0.1, 0.15) is 9.92 Å². The number of halogens is 2. The first-order valence-corrected chi connectivity index (χ1v) is 8.27. The Labute approximate surface area is 140 Å². The fraction of sp³-hybridized carbons (Fsp3) is 0.500. The standard InChI is InChI=1S/C12H16ClN3O4S.ClH/c1-8-5-10(16(17)18)12(13)11(6-8)21(19,20)15-4-2-3-9(15)7-14;/h5-6,9H,2-4,7,14H2,1H3;1H. The van der Waals surface area contributed by atoms with E-state index in [9.17, 15) is 18.5 Å². The number of hydrogen-bond donors (Lipinski definition) is 1. The highest BCUT2D eigenvalue weighted by Crippen LogP contribution is 2.36. The zero-order valence-electron chi connectivity index (χ0n) is 11.9. The van der Waals surface area contributed by atoms with Gasteiger partial charge in [-0.3, -0.25) is 10.1 Å². The smallest absolute Gasteiger partial charge is 0.289 e. The summed E-state index contributed by atoms with van der Waals surface area (Å²) in [6, 6.07) is 2.33. The van der Waals surface area contributed by atoms with Crippen molar-refractivity contribution < 1.29 is 13.3 Å². The van der Waals surface area contributed by atoms with Crippen LogP contribution in [0.15, 0.2) is 17.0 Å². The Bertz CT molecular complexity index is 681. The molecule has 1 aliphatic heterocycles. The molecule has 7 nitrogen and oxygen atoms in total. The Morgan fingerprint density at radius 1 is 1.50 bits per heavy atom. The summed E-state index contributed by atoms with van der Waals surface area (Å²) in [5.41, 5.74) is 5.66. The molecule has 1 aromatic carbocycles. The Morgan fingerprint density at radius 2 is 2.14 bits per heavy atom. The van der Waals surface area contributed by atoms with Gasteiger partial charge in [0.05, 0.1) is 4.92 Å². The zero-order chi connectivity index (χ0) is 15.8. The molecular formula is C12H17Cl2N3O4S. The second kappa shape index (κ2) is 7.10. The number of nitrogens with two attached hydrogens (primary N) is 1. The van der Waals surface area contributed by atoms with Gasteiger partial charge in [-0.2, -0.15) is 4.31 Å². The summed E-state index contributed by atoms with van der Waals surface area (Å²) in [4.78, 5) is 10.1. The van der Waals surface area contributed by atoms with Crippen LogP contribution >= 0.6 is 24.0 Å². The van der Waals surface area contributed by atoms with Crippen molar-refractivity contribution in [3.8, 4) is 0 Å². The number of hydrogen-bond acceptors (Lipinski definition) is 5. The molecule has 1 aromatic rings. The number of nitrogens with zero attached hydrogens (tertiary/aromatic N) is 2. The minimum atomic E-state index is -3.89. The van der Waals surface area contributed by atoms with E-state index in [0.29, 0.717) is 24.9 Å². The molecular weight excluding hydrogens is 353 g/mol. The number of nitro benzene ring substituents is 1. The molecule has 0 aliphatic carbocycles. The van der Waals surface area contributed by atoms with E-state index in [0.717, 1.165) is 0 Å². The van der Waals surface area contributed by atoms with Crippen molar-refractivity contribution >= 4 is 39.7 Å². The van der Waals surface area contributed by atoms with Crippen LogP contribution in [0.3, 0.4) is 0 Å². The van der Waals surface area contributed by atoms with Crippen LogP contribution in [0.5, 0.6) is 0 Å². The van der Waals surface area contributed by atoms with Gasteiger partial charge in [-0.15, -0.1) is 12.4 Å². The molecule has 0 aromatic heterocycles. The van der Waals surface area contributed by atoms with E-state index in [2.05, 4.69) is 0 Å². The lowest BCUT2D eigenvalue weighted by Crippen LogP contribution is -2.40. The summed E-state index contributed by atoms with van der Waals surface area (Å²) < 4.78 is 26.7. The maximum absolute atomic E-state index is 12.7. The van der Waals surface area contributed by atoms with Gasteiger partial charge in [0.25, 0.3) is 5.69 Å². The highest BCUT2D eigenvalue weighted by Gasteiger charge is 2.37. The first kappa shape index (κ1) is 19.1. The summed E-state index contributed by atoms with van der Waals surface area (Å²) in [6.45, 7) is 2.15. The fourth-order valence-electron chi connectivity index (χ4n) is 2.53. The van der Waals surface area contributed by atoms with Crippen molar-refractivity contribution in [1.82, 2.24) is 4.31 Å². The highest BCUT2D eigenvalue weighted by atomic mass is 35.5. The second-order valence-corrected chi connectivity index (χ2v) is 7.24. The molecule has 0 radical (unpaired) electrons. The van der Waals surface area contributed by atoms with Crippen LogP contribution < -0.4 is 5.73 Å². The van der Waals surface area contributed by atoms with Crippen molar-refractivity contribution in [1.29, 1.82) is 0 Å². The van der Waals surface area contributed by atoms with Crippen molar-refractivity contribution in [3.05, 3.63) is 32.8 Å². The Balaban J connectivity index is 0.00000242. The molecule has 10 heteroatoms. The molecule has 1 atom stereocenters. The van der Waals surface area contributed by atoms with Crippen LogP contribution in [0, 0.1) is 17.0 Å². The van der Waals surface area contributed by atoms with E-state index in [-0.39, 0.29) is 34.9 Å². The topological polar surface area (TPSA) is 107 Å². The SMILES string of the molecule is Cc1cc([N+](=O)[O-])c(Cl)c(S(=O)(=O)N2CCCC2CN)c1.Cl. The van der Waals surface area contributed by atoms with Crippen LogP contribution in [0.2, 0.25) is 5.02 Å². The van der Waals surface area contributed by atoms with Gasteiger partial charge in [-0.25, -0.2) is 8.42 Å². The van der Waals surface area contributed by atoms with Crippen LogP contribution in [0.4, 0.5) is 5.69 Å².